The molecule has 1 atom stereocenters. The Labute approximate surface area is 114 Å². The lowest BCUT2D eigenvalue weighted by Gasteiger charge is -2.24. The molecule has 0 amide bonds. The van der Waals surface area contributed by atoms with Gasteiger partial charge >= 0.3 is 6.18 Å². The third-order valence-electron chi connectivity index (χ3n) is 2.75. The second-order valence-corrected chi connectivity index (χ2v) is 4.51. The van der Waals surface area contributed by atoms with Gasteiger partial charge in [-0.2, -0.15) is 18.2 Å². The molecule has 0 aromatic carbocycles. The summed E-state index contributed by atoms with van der Waals surface area (Å²) in [7, 11) is 2.73. The average molecular weight is 294 g/mol. The monoisotopic (exact) mass is 294 g/mol. The molecular weight excluding hydrogens is 277 g/mol. The maximum absolute atomic E-state index is 12.1. The molecule has 0 aliphatic carbocycles. The number of rotatable bonds is 6. The van der Waals surface area contributed by atoms with Crippen LogP contribution in [0.1, 0.15) is 31.9 Å². The fourth-order valence-corrected chi connectivity index (χ4v) is 1.72. The van der Waals surface area contributed by atoms with Crippen LogP contribution in [0.3, 0.4) is 0 Å². The summed E-state index contributed by atoms with van der Waals surface area (Å²) in [5.74, 6) is 0.220. The fraction of sp³-hybridized carbons (Fsp3) is 0.667. The Kier molecular flexibility index (Phi) is 5.15. The number of methoxy groups -OCH3 is 2. The van der Waals surface area contributed by atoms with Crippen molar-refractivity contribution >= 4 is 0 Å². The normalized spacial score (nSPS) is 14.8. The number of hydrogen-bond donors (Lipinski definition) is 1. The maximum atomic E-state index is 12.1. The molecule has 8 heteroatoms. The first kappa shape index (κ1) is 16.5. The summed E-state index contributed by atoms with van der Waals surface area (Å²) in [6.07, 6.45) is -4.26. The van der Waals surface area contributed by atoms with Gasteiger partial charge in [-0.25, -0.2) is 4.98 Å². The van der Waals surface area contributed by atoms with E-state index >= 15 is 0 Å². The van der Waals surface area contributed by atoms with Crippen LogP contribution in [0.15, 0.2) is 6.20 Å². The number of ether oxygens (including phenoxy) is 2. The van der Waals surface area contributed by atoms with Crippen molar-refractivity contribution in [2.24, 2.45) is 0 Å². The molecule has 0 spiro atoms. The second kappa shape index (κ2) is 6.25. The van der Waals surface area contributed by atoms with Gasteiger partial charge in [-0.1, -0.05) is 0 Å². The Bertz CT molecular complexity index is 450. The largest absolute Gasteiger partial charge is 0.480 e. The Morgan fingerprint density at radius 2 is 1.85 bits per heavy atom. The van der Waals surface area contributed by atoms with Gasteiger partial charge in [0.2, 0.25) is 11.8 Å². The predicted molar refractivity (Wildman–Crippen MR) is 64.6 cm³/mol. The molecule has 1 N–H and O–H groups in total. The van der Waals surface area contributed by atoms with E-state index in [0.29, 0.717) is 0 Å². The summed E-state index contributed by atoms with van der Waals surface area (Å²) in [6, 6.07) is 0. The average Bonchev–Trinajstić information content (AvgIpc) is 2.36. The van der Waals surface area contributed by atoms with Crippen molar-refractivity contribution in [3.63, 3.8) is 0 Å². The number of nitrogens with zero attached hydrogens (tertiary/aromatic N) is 2. The molecule has 1 aromatic rings. The highest BCUT2D eigenvalue weighted by molar-refractivity contribution is 5.27. The molecule has 1 aromatic heterocycles. The van der Waals surface area contributed by atoms with E-state index in [4.69, 9.17) is 9.47 Å². The summed E-state index contributed by atoms with van der Waals surface area (Å²) >= 11 is 0. The number of aromatic nitrogens is 2. The zero-order chi connectivity index (χ0) is 15.4. The molecular formula is C12H17F3N2O3. The molecule has 1 rings (SSSR count). The summed E-state index contributed by atoms with van der Waals surface area (Å²) in [6.45, 7) is 1.38. The van der Waals surface area contributed by atoms with Gasteiger partial charge in [0, 0.05) is 6.42 Å². The molecule has 1 unspecified atom stereocenters. The topological polar surface area (TPSA) is 64.5 Å². The van der Waals surface area contributed by atoms with Crippen molar-refractivity contribution < 1.29 is 27.8 Å². The van der Waals surface area contributed by atoms with E-state index in [1.807, 2.05) is 0 Å². The van der Waals surface area contributed by atoms with Crippen LogP contribution < -0.4 is 9.47 Å². The minimum absolute atomic E-state index is 0.0290. The highest BCUT2D eigenvalue weighted by Gasteiger charge is 2.33. The van der Waals surface area contributed by atoms with Crippen molar-refractivity contribution in [1.29, 1.82) is 0 Å². The molecule has 5 nitrogen and oxygen atoms in total. The minimum Gasteiger partial charge on any atom is -0.480 e. The molecule has 0 bridgehead atoms. The van der Waals surface area contributed by atoms with E-state index in [1.54, 1.807) is 0 Å². The molecule has 114 valence electrons. The Morgan fingerprint density at radius 3 is 2.35 bits per heavy atom. The smallest absolute Gasteiger partial charge is 0.389 e. The van der Waals surface area contributed by atoms with E-state index in [1.165, 1.54) is 27.3 Å². The van der Waals surface area contributed by atoms with Gasteiger partial charge in [0.05, 0.1) is 20.4 Å². The minimum atomic E-state index is -4.24. The SMILES string of the molecule is COc1cnc(C(C)(O)CCCC(F)(F)F)c(OC)n1. The van der Waals surface area contributed by atoms with Crippen molar-refractivity contribution in [2.45, 2.75) is 38.0 Å². The van der Waals surface area contributed by atoms with Gasteiger partial charge in [-0.3, -0.25) is 0 Å². The first-order valence-corrected chi connectivity index (χ1v) is 5.94. The van der Waals surface area contributed by atoms with Crippen LogP contribution in [0, 0.1) is 0 Å². The highest BCUT2D eigenvalue weighted by atomic mass is 19.4. The van der Waals surface area contributed by atoms with Crippen LogP contribution in [-0.2, 0) is 5.60 Å². The maximum Gasteiger partial charge on any atom is 0.389 e. The van der Waals surface area contributed by atoms with Crippen LogP contribution >= 0.6 is 0 Å². The van der Waals surface area contributed by atoms with Crippen molar-refractivity contribution in [3.05, 3.63) is 11.9 Å². The Hall–Kier alpha value is -1.57. The number of alkyl halides is 3. The summed E-state index contributed by atoms with van der Waals surface area (Å²) in [5.41, 5.74) is -1.47. The third-order valence-corrected chi connectivity index (χ3v) is 2.75. The molecule has 1 heterocycles. The van der Waals surface area contributed by atoms with Crippen LogP contribution in [0.2, 0.25) is 0 Å². The predicted octanol–water partition coefficient (Wildman–Crippen LogP) is 2.43. The number of aliphatic hydroxyl groups is 1. The summed E-state index contributed by atoms with van der Waals surface area (Å²) < 4.78 is 46.2. The Morgan fingerprint density at radius 1 is 1.20 bits per heavy atom. The summed E-state index contributed by atoms with van der Waals surface area (Å²) in [5, 5.41) is 10.3. The van der Waals surface area contributed by atoms with Crippen molar-refractivity contribution in [1.82, 2.24) is 9.97 Å². The first-order chi connectivity index (χ1) is 9.19. The Balaban J connectivity index is 2.85. The number of hydrogen-bond acceptors (Lipinski definition) is 5. The molecule has 0 aliphatic rings. The van der Waals surface area contributed by atoms with E-state index in [-0.39, 0.29) is 30.3 Å². The molecule has 0 aliphatic heterocycles. The van der Waals surface area contributed by atoms with Gasteiger partial charge < -0.3 is 14.6 Å². The van der Waals surface area contributed by atoms with Gasteiger partial charge in [-0.05, 0) is 19.8 Å². The van der Waals surface area contributed by atoms with Crippen LogP contribution in [-0.4, -0.2) is 35.5 Å². The van der Waals surface area contributed by atoms with Gasteiger partial charge in [0.25, 0.3) is 0 Å². The highest BCUT2D eigenvalue weighted by Crippen LogP contribution is 2.33. The molecule has 0 saturated heterocycles. The number of halogens is 3. The molecule has 0 radical (unpaired) electrons. The van der Waals surface area contributed by atoms with Gasteiger partial charge in [0.15, 0.2) is 0 Å². The van der Waals surface area contributed by atoms with Crippen LogP contribution in [0.25, 0.3) is 0 Å². The third kappa shape index (κ3) is 4.52. The molecule has 0 saturated carbocycles. The van der Waals surface area contributed by atoms with Gasteiger partial charge in [-0.15, -0.1) is 0 Å². The van der Waals surface area contributed by atoms with Crippen molar-refractivity contribution in [2.75, 3.05) is 14.2 Å². The van der Waals surface area contributed by atoms with E-state index in [9.17, 15) is 18.3 Å². The van der Waals surface area contributed by atoms with Crippen molar-refractivity contribution in [3.8, 4) is 11.8 Å². The standard InChI is InChI=1S/C12H17F3N2O3/c1-11(18,5-4-6-12(13,14)15)9-10(20-3)17-8(19-2)7-16-9/h7,18H,4-6H2,1-3H3. The lowest BCUT2D eigenvalue weighted by Crippen LogP contribution is -2.25. The van der Waals surface area contributed by atoms with Gasteiger partial charge in [0.1, 0.15) is 11.3 Å². The van der Waals surface area contributed by atoms with Crippen LogP contribution in [0.4, 0.5) is 13.2 Å². The molecule has 20 heavy (non-hydrogen) atoms. The summed E-state index contributed by atoms with van der Waals surface area (Å²) in [4.78, 5) is 7.91. The first-order valence-electron chi connectivity index (χ1n) is 5.94. The lowest BCUT2D eigenvalue weighted by molar-refractivity contribution is -0.137. The quantitative estimate of drug-likeness (QED) is 0.873. The second-order valence-electron chi connectivity index (χ2n) is 4.51. The van der Waals surface area contributed by atoms with Crippen LogP contribution in [0.5, 0.6) is 11.8 Å². The zero-order valence-corrected chi connectivity index (χ0v) is 11.5. The van der Waals surface area contributed by atoms with E-state index in [0.717, 1.165) is 0 Å². The van der Waals surface area contributed by atoms with E-state index in [2.05, 4.69) is 9.97 Å². The lowest BCUT2D eigenvalue weighted by atomic mass is 9.95. The molecule has 0 fully saturated rings. The fourth-order valence-electron chi connectivity index (χ4n) is 1.72. The zero-order valence-electron chi connectivity index (χ0n) is 11.5. The van der Waals surface area contributed by atoms with E-state index < -0.39 is 18.2 Å².